The Morgan fingerprint density at radius 1 is 1.47 bits per heavy atom. The van der Waals surface area contributed by atoms with E-state index in [4.69, 9.17) is 5.73 Å². The number of esters is 1. The Labute approximate surface area is 105 Å². The van der Waals surface area contributed by atoms with Gasteiger partial charge in [0.25, 0.3) is 0 Å². The predicted molar refractivity (Wildman–Crippen MR) is 57.6 cm³/mol. The summed E-state index contributed by atoms with van der Waals surface area (Å²) in [6.45, 7) is 1.09. The molecule has 0 aliphatic carbocycles. The first-order chi connectivity index (χ1) is 8.80. The second kappa shape index (κ2) is 5.74. The molecule has 1 heterocycles. The van der Waals surface area contributed by atoms with E-state index >= 15 is 0 Å². The van der Waals surface area contributed by atoms with Gasteiger partial charge >= 0.3 is 12.3 Å². The summed E-state index contributed by atoms with van der Waals surface area (Å²) in [6.07, 6.45) is -4.13. The molecule has 1 aromatic heterocycles. The number of pyridine rings is 1. The Hall–Kier alpha value is -2.03. The molecule has 0 spiro atoms. The number of carbonyl (C=O) groups is 1. The first-order valence-electron chi connectivity index (χ1n) is 5.17. The molecule has 0 fully saturated rings. The molecule has 0 bridgehead atoms. The first kappa shape index (κ1) is 15.0. The highest BCUT2D eigenvalue weighted by Gasteiger charge is 2.34. The van der Waals surface area contributed by atoms with Crippen molar-refractivity contribution in [1.82, 2.24) is 4.98 Å². The smallest absolute Gasteiger partial charge is 0.462 e. The molecule has 0 aliphatic rings. The van der Waals surface area contributed by atoms with E-state index in [0.29, 0.717) is 0 Å². The quantitative estimate of drug-likeness (QED) is 0.799. The maximum Gasteiger partial charge on any atom is 0.573 e. The minimum absolute atomic E-state index is 0.0215. The Morgan fingerprint density at radius 3 is 2.58 bits per heavy atom. The van der Waals surface area contributed by atoms with Crippen LogP contribution >= 0.6 is 0 Å². The number of H-pyrrole nitrogens is 1. The topological polar surface area (TPSA) is 94.4 Å². The lowest BCUT2D eigenvalue weighted by atomic mass is 10.2. The molecule has 0 amide bonds. The zero-order valence-corrected chi connectivity index (χ0v) is 9.84. The Balaban J connectivity index is 3.30. The molecule has 1 aromatic rings. The number of nitrogens with one attached hydrogen (secondary N) is 1. The van der Waals surface area contributed by atoms with Crippen molar-refractivity contribution >= 4 is 5.97 Å². The van der Waals surface area contributed by atoms with Gasteiger partial charge in [0.2, 0.25) is 5.43 Å². The van der Waals surface area contributed by atoms with E-state index in [-0.39, 0.29) is 18.8 Å². The summed E-state index contributed by atoms with van der Waals surface area (Å²) in [6, 6.07) is 0. The van der Waals surface area contributed by atoms with Crippen LogP contribution in [0.15, 0.2) is 11.0 Å². The van der Waals surface area contributed by atoms with Crippen LogP contribution in [0, 0.1) is 0 Å². The summed E-state index contributed by atoms with van der Waals surface area (Å²) in [7, 11) is 0. The highest BCUT2D eigenvalue weighted by atomic mass is 19.4. The molecular weight excluding hydrogens is 269 g/mol. The fourth-order valence-corrected chi connectivity index (χ4v) is 1.29. The maximum atomic E-state index is 12.2. The first-order valence-corrected chi connectivity index (χ1v) is 5.17. The molecule has 0 saturated heterocycles. The number of halogens is 3. The van der Waals surface area contributed by atoms with Crippen LogP contribution < -0.4 is 15.9 Å². The van der Waals surface area contributed by atoms with Gasteiger partial charge in [0.15, 0.2) is 5.75 Å². The monoisotopic (exact) mass is 280 g/mol. The van der Waals surface area contributed by atoms with Crippen LogP contribution in [-0.2, 0) is 11.3 Å². The van der Waals surface area contributed by atoms with E-state index in [1.54, 1.807) is 0 Å². The maximum absolute atomic E-state index is 12.2. The number of hydrogen-bond donors (Lipinski definition) is 2. The summed E-state index contributed by atoms with van der Waals surface area (Å²) < 4.78 is 44.7. The molecule has 0 radical (unpaired) electrons. The van der Waals surface area contributed by atoms with Gasteiger partial charge in [0, 0.05) is 12.7 Å². The largest absolute Gasteiger partial charge is 0.573 e. The third kappa shape index (κ3) is 3.71. The molecular formula is C10H11F3N2O4. The summed E-state index contributed by atoms with van der Waals surface area (Å²) in [4.78, 5) is 25.4. The third-order valence-corrected chi connectivity index (χ3v) is 2.03. The van der Waals surface area contributed by atoms with Crippen LogP contribution in [-0.4, -0.2) is 23.9 Å². The van der Waals surface area contributed by atoms with Gasteiger partial charge in [0.05, 0.1) is 12.3 Å². The minimum atomic E-state index is -5.07. The summed E-state index contributed by atoms with van der Waals surface area (Å²) in [5, 5.41) is 0. The molecule has 19 heavy (non-hydrogen) atoms. The number of aromatic nitrogens is 1. The number of carbonyl (C=O) groups excluding carboxylic acids is 1. The molecule has 6 nitrogen and oxygen atoms in total. The Bertz CT molecular complexity index is 524. The van der Waals surface area contributed by atoms with Crippen LogP contribution in [0.1, 0.15) is 23.0 Å². The zero-order valence-electron chi connectivity index (χ0n) is 9.84. The van der Waals surface area contributed by atoms with E-state index in [0.717, 1.165) is 6.20 Å². The van der Waals surface area contributed by atoms with Crippen molar-refractivity contribution in [3.8, 4) is 5.75 Å². The number of aromatic amines is 1. The fraction of sp³-hybridized carbons (Fsp3) is 0.400. The standard InChI is InChI=1S/C10H11F3N2O4/c1-2-18-9(17)5-4-15-6(3-14)8(7(5)16)19-10(11,12)13/h4H,2-3,14H2,1H3,(H,15,16). The normalized spacial score (nSPS) is 11.2. The van der Waals surface area contributed by atoms with E-state index in [1.807, 2.05) is 0 Å². The van der Waals surface area contributed by atoms with Crippen molar-refractivity contribution in [1.29, 1.82) is 0 Å². The molecule has 3 N–H and O–H groups in total. The lowest BCUT2D eigenvalue weighted by molar-refractivity contribution is -0.275. The summed E-state index contributed by atoms with van der Waals surface area (Å²) in [5.41, 5.74) is 3.11. The molecule has 0 aromatic carbocycles. The molecule has 1 rings (SSSR count). The third-order valence-electron chi connectivity index (χ3n) is 2.03. The number of rotatable bonds is 4. The second-order valence-corrected chi connectivity index (χ2v) is 3.31. The molecule has 9 heteroatoms. The van der Waals surface area contributed by atoms with Crippen LogP contribution in [0.2, 0.25) is 0 Å². The van der Waals surface area contributed by atoms with Crippen molar-refractivity contribution in [2.24, 2.45) is 5.73 Å². The van der Waals surface area contributed by atoms with E-state index < -0.39 is 29.1 Å². The van der Waals surface area contributed by atoms with E-state index in [1.165, 1.54) is 6.92 Å². The highest BCUT2D eigenvalue weighted by Crippen LogP contribution is 2.22. The van der Waals surface area contributed by atoms with Gasteiger partial charge in [-0.2, -0.15) is 0 Å². The van der Waals surface area contributed by atoms with Crippen molar-refractivity contribution < 1.29 is 27.4 Å². The van der Waals surface area contributed by atoms with Gasteiger partial charge in [0.1, 0.15) is 5.56 Å². The van der Waals surface area contributed by atoms with Crippen LogP contribution in [0.4, 0.5) is 13.2 Å². The van der Waals surface area contributed by atoms with Gasteiger partial charge in [-0.05, 0) is 6.92 Å². The molecule has 0 aliphatic heterocycles. The van der Waals surface area contributed by atoms with Gasteiger partial charge < -0.3 is 20.2 Å². The Morgan fingerprint density at radius 2 is 2.11 bits per heavy atom. The fourth-order valence-electron chi connectivity index (χ4n) is 1.29. The lowest BCUT2D eigenvalue weighted by Crippen LogP contribution is -2.27. The molecule has 0 unspecified atom stereocenters. The number of hydrogen-bond acceptors (Lipinski definition) is 5. The minimum Gasteiger partial charge on any atom is -0.462 e. The van der Waals surface area contributed by atoms with Crippen molar-refractivity contribution in [2.45, 2.75) is 19.8 Å². The van der Waals surface area contributed by atoms with Gasteiger partial charge in [-0.1, -0.05) is 0 Å². The average Bonchev–Trinajstić information content (AvgIpc) is 2.30. The highest BCUT2D eigenvalue weighted by molar-refractivity contribution is 5.89. The van der Waals surface area contributed by atoms with Gasteiger partial charge in [-0.25, -0.2) is 4.79 Å². The summed E-state index contributed by atoms with van der Waals surface area (Å²) in [5.74, 6) is -2.10. The van der Waals surface area contributed by atoms with E-state index in [9.17, 15) is 22.8 Å². The Kier molecular flexibility index (Phi) is 4.54. The molecule has 0 atom stereocenters. The predicted octanol–water partition coefficient (Wildman–Crippen LogP) is 0.909. The SMILES string of the molecule is CCOC(=O)c1c[nH]c(CN)c(OC(F)(F)F)c1=O. The number of alkyl halides is 3. The van der Waals surface area contributed by atoms with Crippen LogP contribution in [0.25, 0.3) is 0 Å². The number of ether oxygens (including phenoxy) is 2. The van der Waals surface area contributed by atoms with Crippen molar-refractivity contribution in [2.75, 3.05) is 6.61 Å². The van der Waals surface area contributed by atoms with Crippen LogP contribution in [0.5, 0.6) is 5.75 Å². The second-order valence-electron chi connectivity index (χ2n) is 3.31. The van der Waals surface area contributed by atoms with Crippen LogP contribution in [0.3, 0.4) is 0 Å². The average molecular weight is 280 g/mol. The van der Waals surface area contributed by atoms with Crippen molar-refractivity contribution in [3.63, 3.8) is 0 Å². The van der Waals surface area contributed by atoms with E-state index in [2.05, 4.69) is 14.5 Å². The van der Waals surface area contributed by atoms with Crippen molar-refractivity contribution in [3.05, 3.63) is 27.7 Å². The zero-order chi connectivity index (χ0) is 14.6. The van der Waals surface area contributed by atoms with Gasteiger partial charge in [-0.3, -0.25) is 4.79 Å². The van der Waals surface area contributed by atoms with Gasteiger partial charge in [-0.15, -0.1) is 13.2 Å². The summed E-state index contributed by atoms with van der Waals surface area (Å²) >= 11 is 0. The number of nitrogens with two attached hydrogens (primary N) is 1. The molecule has 106 valence electrons. The lowest BCUT2D eigenvalue weighted by Gasteiger charge is -2.12. The molecule has 0 saturated carbocycles.